The average Bonchev–Trinajstić information content (AvgIpc) is 1.75. The van der Waals surface area contributed by atoms with Crippen LogP contribution in [0.25, 0.3) is 22.3 Å². The molecule has 2 aliphatic rings. The van der Waals surface area contributed by atoms with Crippen molar-refractivity contribution in [3.63, 3.8) is 0 Å². The predicted octanol–water partition coefficient (Wildman–Crippen LogP) is 12.5. The Balaban J connectivity index is 1.02. The standard InChI is InChI=1S/C68H80N13O9PSSi2/c1-66(2,3)93(7,8)89-56-52(78-68(47-31-20-13-21-32-47,48-33-22-14-23-34-48)49-35-24-15-25-36-49)51(88-64(56)80-43-74-54-58(70-41-72-60(54)80)76-62(83)45-27-16-11-17-28-45)40-85-91(92-86-38-26-37-69)79-53-50(39-82)87-65(57(53)90-94(9,10)67(4,5)6)81-44-75-55-59(71-42-73-61(55)81)77-63(84)46-29-18-12-19-30-46/h11-25,27-36,41-44,50-53,56-57,64-65,78-79,82H,26,38-40H2,1-10H3,(H,70,72,76,83)(H,71,73,77,84)/t50-,51-,52-,53-,56-,57-,64-,65-,91?/m1/s1. The van der Waals surface area contributed by atoms with Gasteiger partial charge in [0.25, 0.3) is 11.8 Å². The summed E-state index contributed by atoms with van der Waals surface area (Å²) in [7, 11) is -7.49. The summed E-state index contributed by atoms with van der Waals surface area (Å²) in [6.45, 7) is 21.4. The van der Waals surface area contributed by atoms with Gasteiger partial charge in [-0.1, -0.05) is 169 Å². The van der Waals surface area contributed by atoms with E-state index in [9.17, 15) is 20.0 Å². The maximum atomic E-state index is 13.7. The Kier molecular flexibility index (Phi) is 20.8. The topological polar surface area (TPSA) is 269 Å². The van der Waals surface area contributed by atoms with Crippen molar-refractivity contribution in [3.8, 4) is 6.07 Å². The van der Waals surface area contributed by atoms with E-state index in [2.05, 4.69) is 146 Å². The van der Waals surface area contributed by atoms with Crippen molar-refractivity contribution < 1.29 is 41.7 Å². The maximum Gasteiger partial charge on any atom is 0.256 e. The molecule has 9 aromatic rings. The van der Waals surface area contributed by atoms with Crippen molar-refractivity contribution in [2.75, 3.05) is 30.5 Å². The van der Waals surface area contributed by atoms with Crippen LogP contribution in [0.5, 0.6) is 0 Å². The lowest BCUT2D eigenvalue weighted by molar-refractivity contribution is -0.0464. The van der Waals surface area contributed by atoms with Gasteiger partial charge in [-0.15, -0.1) is 0 Å². The molecule has 11 rings (SSSR count). The largest absolute Gasteiger partial charge is 0.408 e. The molecule has 2 amide bonds. The van der Waals surface area contributed by atoms with Gasteiger partial charge in [-0.2, -0.15) is 5.26 Å². The van der Waals surface area contributed by atoms with Crippen LogP contribution in [0.1, 0.15) is 97.8 Å². The lowest BCUT2D eigenvalue weighted by atomic mass is 9.76. The summed E-state index contributed by atoms with van der Waals surface area (Å²) >= 11 is 1.05. The number of nitriles is 1. The molecule has 2 saturated heterocycles. The molecule has 4 aromatic heterocycles. The summed E-state index contributed by atoms with van der Waals surface area (Å²) in [5, 5.41) is 34.6. The molecule has 0 aliphatic carbocycles. The zero-order valence-corrected chi connectivity index (χ0v) is 58.0. The smallest absolute Gasteiger partial charge is 0.256 e. The third-order valence-electron chi connectivity index (χ3n) is 18.2. The first-order valence-electron chi connectivity index (χ1n) is 31.3. The first kappa shape index (κ1) is 67.9. The monoisotopic (exact) mass is 1340 g/mol. The van der Waals surface area contributed by atoms with Gasteiger partial charge in [0, 0.05) is 11.1 Å². The quantitative estimate of drug-likeness (QED) is 0.0117. The van der Waals surface area contributed by atoms with E-state index >= 15 is 0 Å². The molecule has 1 unspecified atom stereocenters. The summed E-state index contributed by atoms with van der Waals surface area (Å²) in [5.41, 5.74) is 4.11. The molecule has 22 nitrogen and oxygen atoms in total. The molecule has 26 heteroatoms. The van der Waals surface area contributed by atoms with Crippen molar-refractivity contribution in [3.05, 3.63) is 205 Å². The highest BCUT2D eigenvalue weighted by molar-refractivity contribution is 8.51. The number of amides is 2. The number of fused-ring (bicyclic) bond motifs is 2. The number of rotatable bonds is 25. The molecule has 9 atom stereocenters. The van der Waals surface area contributed by atoms with E-state index in [1.165, 1.54) is 12.7 Å². The number of anilines is 2. The first-order valence-corrected chi connectivity index (χ1v) is 39.7. The van der Waals surface area contributed by atoms with Crippen LogP contribution in [-0.2, 0) is 32.6 Å². The van der Waals surface area contributed by atoms with Crippen molar-refractivity contribution in [2.45, 2.75) is 139 Å². The van der Waals surface area contributed by atoms with Gasteiger partial charge in [-0.3, -0.25) is 29.1 Å². The molecule has 5 N–H and O–H groups in total. The summed E-state index contributed by atoms with van der Waals surface area (Å²) in [4.78, 5) is 55.3. The van der Waals surface area contributed by atoms with E-state index in [4.69, 9.17) is 42.0 Å². The van der Waals surface area contributed by atoms with Crippen LogP contribution < -0.4 is 21.0 Å². The van der Waals surface area contributed by atoms with Crippen molar-refractivity contribution in [1.82, 2.24) is 49.4 Å². The van der Waals surface area contributed by atoms with Crippen LogP contribution in [-0.4, -0.2) is 129 Å². The molecule has 0 spiro atoms. The summed E-state index contributed by atoms with van der Waals surface area (Å²) in [6, 6.07) is 49.4. The van der Waals surface area contributed by atoms with Gasteiger partial charge in [-0.05, 0) is 77.2 Å². The summed E-state index contributed by atoms with van der Waals surface area (Å²) < 4.78 is 46.9. The third kappa shape index (κ3) is 14.4. The van der Waals surface area contributed by atoms with Crippen molar-refractivity contribution >= 4 is 81.6 Å². The van der Waals surface area contributed by atoms with Crippen LogP contribution in [0.3, 0.4) is 0 Å². The Bertz CT molecular complexity index is 3980. The fraction of sp³-hybridized carbons (Fsp3) is 0.368. The fourth-order valence-corrected chi connectivity index (χ4v) is 16.4. The van der Waals surface area contributed by atoms with E-state index in [0.29, 0.717) is 33.5 Å². The number of carbonyl (C=O) groups excluding carboxylic acids is 2. The van der Waals surface area contributed by atoms with Gasteiger partial charge in [0.05, 0.1) is 74.3 Å². The number of benzene rings is 5. The molecule has 0 saturated carbocycles. The summed E-state index contributed by atoms with van der Waals surface area (Å²) in [6.07, 6.45) is 0.918. The highest BCUT2D eigenvalue weighted by Crippen LogP contribution is 2.53. The zero-order valence-electron chi connectivity index (χ0n) is 54.3. The van der Waals surface area contributed by atoms with Crippen LogP contribution in [0.15, 0.2) is 177 Å². The number of hydrogen-bond donors (Lipinski definition) is 5. The van der Waals surface area contributed by atoms with Crippen molar-refractivity contribution in [2.24, 2.45) is 0 Å². The molecule has 5 aromatic carbocycles. The van der Waals surface area contributed by atoms with Crippen LogP contribution in [0, 0.1) is 11.3 Å². The molecule has 2 aliphatic heterocycles. The number of imidazole rings is 2. The molecule has 490 valence electrons. The molecule has 2 fully saturated rings. The molecule has 6 heterocycles. The van der Waals surface area contributed by atoms with Crippen molar-refractivity contribution in [1.29, 1.82) is 5.26 Å². The van der Waals surface area contributed by atoms with Gasteiger partial charge >= 0.3 is 0 Å². The molecular formula is C68H80N13O9PSSi2. The van der Waals surface area contributed by atoms with Gasteiger partial charge in [0.1, 0.15) is 37.1 Å². The highest BCUT2D eigenvalue weighted by Gasteiger charge is 2.56. The minimum Gasteiger partial charge on any atom is -0.408 e. The van der Waals surface area contributed by atoms with E-state index in [-0.39, 0.29) is 53.2 Å². The number of aliphatic hydroxyl groups is 1. The lowest BCUT2D eigenvalue weighted by Crippen LogP contribution is -2.59. The Morgan fingerprint density at radius 1 is 0.606 bits per heavy atom. The maximum absolute atomic E-state index is 13.7. The predicted molar refractivity (Wildman–Crippen MR) is 368 cm³/mol. The summed E-state index contributed by atoms with van der Waals surface area (Å²) in [5.74, 6) is -0.310. The number of nitrogens with one attached hydrogen (secondary N) is 4. The molecule has 0 bridgehead atoms. The number of nitrogens with zero attached hydrogens (tertiary/aromatic N) is 9. The van der Waals surface area contributed by atoms with E-state index in [1.54, 1.807) is 65.8 Å². The SMILES string of the molecule is CC(C)(C)[Si](C)(C)O[C@@H]1[C@H](NP(OC[C@H]2O[C@@H](n3cnc4c(NC(=O)c5ccccc5)ncnc43)[C@H](O[Si](C)(C)C(C)(C)C)[C@@H]2NC(c2ccccc2)(c2ccccc2)c2ccccc2)SOCCC#N)[C@@H](CO)O[C@H]1n1cnc2c(NC(=O)c3ccccc3)ncnc21. The van der Waals surface area contributed by atoms with Gasteiger partial charge in [-0.25, -0.2) is 29.9 Å². The average molecular weight is 1340 g/mol. The van der Waals surface area contributed by atoms with E-state index < -0.39 is 85.2 Å². The Hall–Kier alpha value is -7.52. The number of aliphatic hydroxyl groups excluding tert-OH is 1. The Morgan fingerprint density at radius 2 is 1.02 bits per heavy atom. The highest BCUT2D eigenvalue weighted by atomic mass is 32.7. The number of aromatic nitrogens is 8. The fourth-order valence-electron chi connectivity index (χ4n) is 11.2. The molecule has 0 radical (unpaired) electrons. The number of ether oxygens (including phenoxy) is 2. The minimum atomic E-state index is -2.79. The zero-order chi connectivity index (χ0) is 66.4. The minimum absolute atomic E-state index is 0.0810. The second kappa shape index (κ2) is 28.8. The van der Waals surface area contributed by atoms with Crippen LogP contribution >= 0.6 is 19.2 Å². The number of hydrogen-bond acceptors (Lipinski definition) is 19. The van der Waals surface area contributed by atoms with Gasteiger partial charge < -0.3 is 42.8 Å². The second-order valence-electron chi connectivity index (χ2n) is 26.3. The molecular weight excluding hydrogens is 1260 g/mol. The second-order valence-corrected chi connectivity index (χ2v) is 38.6. The lowest BCUT2D eigenvalue weighted by Gasteiger charge is -2.44. The van der Waals surface area contributed by atoms with Gasteiger partial charge in [0.2, 0.25) is 0 Å². The number of carbonyl (C=O) groups is 2. The van der Waals surface area contributed by atoms with E-state index in [0.717, 1.165) is 28.4 Å². The normalized spacial score (nSPS) is 20.7. The third-order valence-corrected chi connectivity index (χ3v) is 29.8. The molecule has 94 heavy (non-hydrogen) atoms. The first-order chi connectivity index (χ1) is 45.1. The van der Waals surface area contributed by atoms with Crippen LogP contribution in [0.2, 0.25) is 36.3 Å². The van der Waals surface area contributed by atoms with Gasteiger partial charge in [0.15, 0.2) is 70.6 Å². The van der Waals surface area contributed by atoms with Crippen LogP contribution in [0.4, 0.5) is 11.6 Å². The Labute approximate surface area is 555 Å². The Morgan fingerprint density at radius 3 is 1.44 bits per heavy atom. The van der Waals surface area contributed by atoms with E-state index in [1.807, 2.05) is 71.3 Å².